The first-order chi connectivity index (χ1) is 7.54. The average Bonchev–Trinajstić information content (AvgIpc) is 2.24. The van der Waals surface area contributed by atoms with Crippen molar-refractivity contribution in [1.82, 2.24) is 10.3 Å². The number of carbonyl (C=O) groups is 1. The van der Waals surface area contributed by atoms with Gasteiger partial charge >= 0.3 is 0 Å². The van der Waals surface area contributed by atoms with E-state index in [4.69, 9.17) is 5.73 Å². The quantitative estimate of drug-likeness (QED) is 0.707. The summed E-state index contributed by atoms with van der Waals surface area (Å²) in [5.41, 5.74) is 7.25. The first kappa shape index (κ1) is 12.3. The standard InChI is InChI=1S/C11H18N4O/c1-4-13-11(16)8(3)15-10-5-7(2)9(12)6-14-10/h5-6,8H,4,12H2,1-3H3,(H,13,16)(H,14,15). The molecule has 88 valence electrons. The van der Waals surface area contributed by atoms with E-state index in [1.807, 2.05) is 19.9 Å². The number of carbonyl (C=O) groups excluding carboxylic acids is 1. The van der Waals surface area contributed by atoms with Crippen LogP contribution in [0.1, 0.15) is 19.4 Å². The van der Waals surface area contributed by atoms with Crippen molar-refractivity contribution < 1.29 is 4.79 Å². The molecule has 0 aliphatic carbocycles. The van der Waals surface area contributed by atoms with Crippen LogP contribution in [0.15, 0.2) is 12.3 Å². The molecule has 1 aromatic rings. The highest BCUT2D eigenvalue weighted by Crippen LogP contribution is 2.13. The molecule has 1 heterocycles. The van der Waals surface area contributed by atoms with Crippen LogP contribution in [0.4, 0.5) is 11.5 Å². The molecule has 0 fully saturated rings. The number of pyridine rings is 1. The molecule has 1 atom stereocenters. The maximum Gasteiger partial charge on any atom is 0.242 e. The molecule has 0 aliphatic rings. The second-order valence-corrected chi connectivity index (χ2v) is 3.69. The van der Waals surface area contributed by atoms with Crippen LogP contribution < -0.4 is 16.4 Å². The third-order valence-electron chi connectivity index (χ3n) is 2.26. The minimum Gasteiger partial charge on any atom is -0.397 e. The van der Waals surface area contributed by atoms with Gasteiger partial charge in [-0.25, -0.2) is 4.98 Å². The monoisotopic (exact) mass is 222 g/mol. The Kier molecular flexibility index (Phi) is 4.10. The summed E-state index contributed by atoms with van der Waals surface area (Å²) in [5, 5.41) is 5.75. The van der Waals surface area contributed by atoms with E-state index in [1.165, 1.54) is 0 Å². The number of anilines is 2. The van der Waals surface area contributed by atoms with Crippen molar-refractivity contribution in [3.63, 3.8) is 0 Å². The van der Waals surface area contributed by atoms with Crippen LogP contribution >= 0.6 is 0 Å². The summed E-state index contributed by atoms with van der Waals surface area (Å²) in [6.45, 7) is 6.20. The van der Waals surface area contributed by atoms with E-state index in [0.717, 1.165) is 5.56 Å². The van der Waals surface area contributed by atoms with E-state index in [0.29, 0.717) is 18.1 Å². The smallest absolute Gasteiger partial charge is 0.242 e. The van der Waals surface area contributed by atoms with Gasteiger partial charge in [-0.15, -0.1) is 0 Å². The second kappa shape index (κ2) is 5.34. The Hall–Kier alpha value is -1.78. The van der Waals surface area contributed by atoms with Crippen LogP contribution in [0.2, 0.25) is 0 Å². The maximum absolute atomic E-state index is 11.5. The number of hydrogen-bond donors (Lipinski definition) is 3. The minimum atomic E-state index is -0.310. The molecule has 1 unspecified atom stereocenters. The zero-order chi connectivity index (χ0) is 12.1. The molecule has 0 bridgehead atoms. The molecule has 0 spiro atoms. The fraction of sp³-hybridized carbons (Fsp3) is 0.455. The number of nitrogens with one attached hydrogen (secondary N) is 2. The molecule has 1 rings (SSSR count). The molecule has 5 nitrogen and oxygen atoms in total. The summed E-state index contributed by atoms with van der Waals surface area (Å²) in [7, 11) is 0. The van der Waals surface area contributed by atoms with Crippen molar-refractivity contribution in [2.75, 3.05) is 17.6 Å². The van der Waals surface area contributed by atoms with Crippen molar-refractivity contribution in [1.29, 1.82) is 0 Å². The summed E-state index contributed by atoms with van der Waals surface area (Å²) in [6.07, 6.45) is 1.59. The predicted molar refractivity (Wildman–Crippen MR) is 65.2 cm³/mol. The van der Waals surface area contributed by atoms with Gasteiger partial charge in [0.05, 0.1) is 11.9 Å². The van der Waals surface area contributed by atoms with Gasteiger partial charge in [-0.3, -0.25) is 4.79 Å². The van der Waals surface area contributed by atoms with E-state index in [-0.39, 0.29) is 11.9 Å². The Morgan fingerprint density at radius 3 is 2.88 bits per heavy atom. The Morgan fingerprint density at radius 1 is 1.62 bits per heavy atom. The fourth-order valence-corrected chi connectivity index (χ4v) is 1.26. The molecule has 5 heteroatoms. The second-order valence-electron chi connectivity index (χ2n) is 3.69. The van der Waals surface area contributed by atoms with E-state index < -0.39 is 0 Å². The third-order valence-corrected chi connectivity index (χ3v) is 2.26. The van der Waals surface area contributed by atoms with Gasteiger partial charge < -0.3 is 16.4 Å². The third kappa shape index (κ3) is 3.12. The van der Waals surface area contributed by atoms with Crippen LogP contribution in [0.25, 0.3) is 0 Å². The van der Waals surface area contributed by atoms with Gasteiger partial charge in [-0.05, 0) is 32.4 Å². The van der Waals surface area contributed by atoms with E-state index in [9.17, 15) is 4.79 Å². The number of aromatic nitrogens is 1. The van der Waals surface area contributed by atoms with Crippen molar-refractivity contribution in [3.05, 3.63) is 17.8 Å². The number of amides is 1. The Bertz CT molecular complexity index is 378. The highest BCUT2D eigenvalue weighted by molar-refractivity contribution is 5.83. The molecule has 16 heavy (non-hydrogen) atoms. The van der Waals surface area contributed by atoms with Crippen LogP contribution in [0.3, 0.4) is 0 Å². The van der Waals surface area contributed by atoms with Gasteiger partial charge in [0.15, 0.2) is 0 Å². The number of aryl methyl sites for hydroxylation is 1. The number of nitrogens with two attached hydrogens (primary N) is 1. The number of likely N-dealkylation sites (N-methyl/N-ethyl adjacent to an activating group) is 1. The Labute approximate surface area is 95.4 Å². The van der Waals surface area contributed by atoms with E-state index >= 15 is 0 Å². The molecular formula is C11H18N4O. The Balaban J connectivity index is 2.66. The van der Waals surface area contributed by atoms with Gasteiger partial charge in [0, 0.05) is 6.54 Å². The van der Waals surface area contributed by atoms with Crippen LogP contribution in [0.5, 0.6) is 0 Å². The van der Waals surface area contributed by atoms with Crippen molar-refractivity contribution in [2.24, 2.45) is 0 Å². The normalized spacial score (nSPS) is 11.9. The molecule has 0 aromatic carbocycles. The van der Waals surface area contributed by atoms with Gasteiger partial charge in [0.1, 0.15) is 11.9 Å². The van der Waals surface area contributed by atoms with Gasteiger partial charge in [0.2, 0.25) is 5.91 Å². The molecule has 0 aliphatic heterocycles. The summed E-state index contributed by atoms with van der Waals surface area (Å²) >= 11 is 0. The predicted octanol–water partition coefficient (Wildman–Crippen LogP) is 0.909. The van der Waals surface area contributed by atoms with Gasteiger partial charge in [-0.2, -0.15) is 0 Å². The lowest BCUT2D eigenvalue weighted by Gasteiger charge is -2.14. The molecule has 0 saturated carbocycles. The number of rotatable bonds is 4. The van der Waals surface area contributed by atoms with Crippen molar-refractivity contribution in [3.8, 4) is 0 Å². The van der Waals surface area contributed by atoms with E-state index in [2.05, 4.69) is 15.6 Å². The highest BCUT2D eigenvalue weighted by atomic mass is 16.2. The summed E-state index contributed by atoms with van der Waals surface area (Å²) in [6, 6.07) is 1.51. The van der Waals surface area contributed by atoms with Crippen LogP contribution in [-0.2, 0) is 4.79 Å². The zero-order valence-electron chi connectivity index (χ0n) is 9.87. The molecule has 0 radical (unpaired) electrons. The lowest BCUT2D eigenvalue weighted by Crippen LogP contribution is -2.37. The molecule has 1 amide bonds. The molecular weight excluding hydrogens is 204 g/mol. The molecule has 0 saturated heterocycles. The number of nitrogens with zero attached hydrogens (tertiary/aromatic N) is 1. The van der Waals surface area contributed by atoms with Crippen LogP contribution in [0, 0.1) is 6.92 Å². The van der Waals surface area contributed by atoms with Crippen molar-refractivity contribution >= 4 is 17.4 Å². The molecule has 1 aromatic heterocycles. The minimum absolute atomic E-state index is 0.0428. The summed E-state index contributed by atoms with van der Waals surface area (Å²) in [5.74, 6) is 0.615. The largest absolute Gasteiger partial charge is 0.397 e. The highest BCUT2D eigenvalue weighted by Gasteiger charge is 2.11. The summed E-state index contributed by atoms with van der Waals surface area (Å²) in [4.78, 5) is 15.6. The first-order valence-corrected chi connectivity index (χ1v) is 5.31. The maximum atomic E-state index is 11.5. The lowest BCUT2D eigenvalue weighted by atomic mass is 10.2. The first-order valence-electron chi connectivity index (χ1n) is 5.31. The number of nitrogen functional groups attached to an aromatic ring is 1. The Morgan fingerprint density at radius 2 is 2.31 bits per heavy atom. The van der Waals surface area contributed by atoms with Crippen LogP contribution in [-0.4, -0.2) is 23.5 Å². The number of hydrogen-bond acceptors (Lipinski definition) is 4. The van der Waals surface area contributed by atoms with Crippen molar-refractivity contribution in [2.45, 2.75) is 26.8 Å². The van der Waals surface area contributed by atoms with E-state index in [1.54, 1.807) is 13.1 Å². The topological polar surface area (TPSA) is 80.0 Å². The van der Waals surface area contributed by atoms with Gasteiger partial charge in [-0.1, -0.05) is 0 Å². The fourth-order valence-electron chi connectivity index (χ4n) is 1.26. The van der Waals surface area contributed by atoms with Gasteiger partial charge in [0.25, 0.3) is 0 Å². The lowest BCUT2D eigenvalue weighted by molar-refractivity contribution is -0.121. The molecule has 4 N–H and O–H groups in total. The summed E-state index contributed by atoms with van der Waals surface area (Å²) < 4.78 is 0. The average molecular weight is 222 g/mol. The SMILES string of the molecule is CCNC(=O)C(C)Nc1cc(C)c(N)cn1. The zero-order valence-corrected chi connectivity index (χ0v) is 9.87.